The van der Waals surface area contributed by atoms with Crippen LogP contribution >= 0.6 is 23.1 Å². The van der Waals surface area contributed by atoms with E-state index in [0.717, 1.165) is 21.1 Å². The average Bonchev–Trinajstić information content (AvgIpc) is 2.87. The summed E-state index contributed by atoms with van der Waals surface area (Å²) in [6.07, 6.45) is 6.62. The second kappa shape index (κ2) is 5.21. The molecule has 0 N–H and O–H groups in total. The Labute approximate surface area is 132 Å². The lowest BCUT2D eigenvalue weighted by atomic mass is 9.89. The molecule has 0 saturated heterocycles. The van der Waals surface area contributed by atoms with E-state index in [1.807, 2.05) is 0 Å². The molecule has 21 heavy (non-hydrogen) atoms. The number of rotatable bonds is 2. The molecule has 0 aromatic carbocycles. The molecule has 3 aromatic heterocycles. The van der Waals surface area contributed by atoms with Crippen molar-refractivity contribution in [1.29, 1.82) is 0 Å². The van der Waals surface area contributed by atoms with Gasteiger partial charge in [0.05, 0.1) is 10.2 Å². The second-order valence-electron chi connectivity index (χ2n) is 5.43. The molecular formula is C16H17N3S2. The van der Waals surface area contributed by atoms with Gasteiger partial charge in [-0.1, -0.05) is 6.92 Å². The molecule has 1 aliphatic carbocycles. The van der Waals surface area contributed by atoms with Gasteiger partial charge in [-0.15, -0.1) is 23.1 Å². The standard InChI is InChI=1S/C16H17N3S2/c1-3-20-16-14-13(17-8-18-16)12-11-7-5-4-6-10(11)9(2)19-15(12)21-14/h8H,3-7H2,1-2H3. The molecule has 1 aliphatic rings. The van der Waals surface area contributed by atoms with Crippen molar-refractivity contribution >= 4 is 43.5 Å². The number of nitrogens with zero attached hydrogens (tertiary/aromatic N) is 3. The molecule has 0 unspecified atom stereocenters. The zero-order valence-electron chi connectivity index (χ0n) is 12.3. The second-order valence-corrected chi connectivity index (χ2v) is 7.69. The summed E-state index contributed by atoms with van der Waals surface area (Å²) >= 11 is 3.55. The number of aryl methyl sites for hydroxylation is 2. The van der Waals surface area contributed by atoms with Crippen LogP contribution in [-0.2, 0) is 12.8 Å². The summed E-state index contributed by atoms with van der Waals surface area (Å²) in [5, 5.41) is 2.41. The fourth-order valence-electron chi connectivity index (χ4n) is 3.27. The van der Waals surface area contributed by atoms with E-state index < -0.39 is 0 Å². The maximum absolute atomic E-state index is 4.87. The number of fused-ring (bicyclic) bond motifs is 5. The third kappa shape index (κ3) is 2.06. The molecule has 0 fully saturated rings. The van der Waals surface area contributed by atoms with Crippen LogP contribution in [0.4, 0.5) is 0 Å². The van der Waals surface area contributed by atoms with Crippen LogP contribution in [0.1, 0.15) is 36.6 Å². The maximum Gasteiger partial charge on any atom is 0.126 e. The minimum Gasteiger partial charge on any atom is -0.242 e. The van der Waals surface area contributed by atoms with E-state index in [1.54, 1.807) is 29.4 Å². The quantitative estimate of drug-likeness (QED) is 0.514. The molecule has 0 radical (unpaired) electrons. The minimum atomic E-state index is 1.03. The van der Waals surface area contributed by atoms with Crippen molar-refractivity contribution in [2.45, 2.75) is 44.6 Å². The number of thiophene rings is 1. The highest BCUT2D eigenvalue weighted by atomic mass is 32.2. The van der Waals surface area contributed by atoms with Gasteiger partial charge in [-0.3, -0.25) is 0 Å². The number of hydrogen-bond donors (Lipinski definition) is 0. The van der Waals surface area contributed by atoms with E-state index in [4.69, 9.17) is 4.98 Å². The molecule has 0 atom stereocenters. The van der Waals surface area contributed by atoms with Gasteiger partial charge in [0, 0.05) is 11.1 Å². The summed E-state index contributed by atoms with van der Waals surface area (Å²) in [5.41, 5.74) is 5.30. The molecule has 3 aromatic rings. The highest BCUT2D eigenvalue weighted by Gasteiger charge is 2.21. The van der Waals surface area contributed by atoms with Crippen LogP contribution in [0.5, 0.6) is 0 Å². The zero-order valence-corrected chi connectivity index (χ0v) is 13.9. The molecule has 4 rings (SSSR count). The predicted octanol–water partition coefficient (Wildman–Crippen LogP) is 4.54. The summed E-state index contributed by atoms with van der Waals surface area (Å²) in [4.78, 5) is 15.1. The van der Waals surface area contributed by atoms with Crippen LogP contribution in [0.3, 0.4) is 0 Å². The summed E-state index contributed by atoms with van der Waals surface area (Å²) in [5.74, 6) is 1.03. The maximum atomic E-state index is 4.87. The Kier molecular flexibility index (Phi) is 3.34. The molecule has 0 bridgehead atoms. The molecule has 5 heteroatoms. The Hall–Kier alpha value is -1.20. The van der Waals surface area contributed by atoms with Crippen molar-refractivity contribution in [3.05, 3.63) is 23.1 Å². The smallest absolute Gasteiger partial charge is 0.126 e. The van der Waals surface area contributed by atoms with Gasteiger partial charge >= 0.3 is 0 Å². The molecule has 3 nitrogen and oxygen atoms in total. The van der Waals surface area contributed by atoms with E-state index in [-0.39, 0.29) is 0 Å². The number of pyridine rings is 1. The Morgan fingerprint density at radius 2 is 2.00 bits per heavy atom. The lowest BCUT2D eigenvalue weighted by Gasteiger charge is -2.18. The van der Waals surface area contributed by atoms with Gasteiger partial charge in [-0.05, 0) is 49.5 Å². The molecule has 0 saturated carbocycles. The summed E-state index contributed by atoms with van der Waals surface area (Å²) in [7, 11) is 0. The fraction of sp³-hybridized carbons (Fsp3) is 0.438. The highest BCUT2D eigenvalue weighted by Crippen LogP contribution is 2.41. The number of hydrogen-bond acceptors (Lipinski definition) is 5. The summed E-state index contributed by atoms with van der Waals surface area (Å²) < 4.78 is 1.21. The van der Waals surface area contributed by atoms with E-state index in [1.165, 1.54) is 52.6 Å². The average molecular weight is 315 g/mol. The summed E-state index contributed by atoms with van der Waals surface area (Å²) in [6.45, 7) is 4.32. The van der Waals surface area contributed by atoms with Gasteiger partial charge in [0.2, 0.25) is 0 Å². The number of thioether (sulfide) groups is 1. The lowest BCUT2D eigenvalue weighted by Crippen LogP contribution is -2.06. The molecule has 0 aliphatic heterocycles. The van der Waals surface area contributed by atoms with E-state index >= 15 is 0 Å². The first-order chi connectivity index (χ1) is 10.3. The van der Waals surface area contributed by atoms with Crippen LogP contribution in [-0.4, -0.2) is 20.7 Å². The third-order valence-corrected chi connectivity index (χ3v) is 6.26. The molecule has 108 valence electrons. The van der Waals surface area contributed by atoms with Gasteiger partial charge in [0.25, 0.3) is 0 Å². The van der Waals surface area contributed by atoms with Gasteiger partial charge in [0.15, 0.2) is 0 Å². The topological polar surface area (TPSA) is 38.7 Å². The fourth-order valence-corrected chi connectivity index (χ4v) is 5.28. The van der Waals surface area contributed by atoms with Crippen molar-refractivity contribution in [3.8, 4) is 0 Å². The number of aromatic nitrogens is 3. The van der Waals surface area contributed by atoms with Gasteiger partial charge in [-0.2, -0.15) is 0 Å². The monoisotopic (exact) mass is 315 g/mol. The van der Waals surface area contributed by atoms with Crippen LogP contribution in [0.15, 0.2) is 11.4 Å². The van der Waals surface area contributed by atoms with Crippen LogP contribution in [0.25, 0.3) is 20.4 Å². The predicted molar refractivity (Wildman–Crippen MR) is 90.5 cm³/mol. The van der Waals surface area contributed by atoms with Gasteiger partial charge < -0.3 is 0 Å². The largest absolute Gasteiger partial charge is 0.242 e. The van der Waals surface area contributed by atoms with Crippen molar-refractivity contribution in [3.63, 3.8) is 0 Å². The zero-order chi connectivity index (χ0) is 14.4. The Bertz CT molecular complexity index is 839. The SMILES string of the molecule is CCSc1ncnc2c1sc1nc(C)c3c(c12)CCCC3. The highest BCUT2D eigenvalue weighted by molar-refractivity contribution is 7.99. The first-order valence-electron chi connectivity index (χ1n) is 7.48. The van der Waals surface area contributed by atoms with Crippen LogP contribution < -0.4 is 0 Å². The normalized spacial score (nSPS) is 14.8. The molecular weight excluding hydrogens is 298 g/mol. The Morgan fingerprint density at radius 3 is 2.81 bits per heavy atom. The van der Waals surface area contributed by atoms with Crippen molar-refractivity contribution in [1.82, 2.24) is 15.0 Å². The summed E-state index contributed by atoms with van der Waals surface area (Å²) in [6, 6.07) is 0. The Morgan fingerprint density at radius 1 is 1.19 bits per heavy atom. The van der Waals surface area contributed by atoms with Crippen molar-refractivity contribution in [2.24, 2.45) is 0 Å². The van der Waals surface area contributed by atoms with E-state index in [9.17, 15) is 0 Å². The van der Waals surface area contributed by atoms with Crippen LogP contribution in [0.2, 0.25) is 0 Å². The first-order valence-corrected chi connectivity index (χ1v) is 9.28. The van der Waals surface area contributed by atoms with E-state index in [2.05, 4.69) is 23.8 Å². The minimum absolute atomic E-state index is 1.03. The Balaban J connectivity index is 2.11. The lowest BCUT2D eigenvalue weighted by molar-refractivity contribution is 0.683. The third-order valence-electron chi connectivity index (χ3n) is 4.18. The van der Waals surface area contributed by atoms with Crippen molar-refractivity contribution < 1.29 is 0 Å². The van der Waals surface area contributed by atoms with E-state index in [0.29, 0.717) is 0 Å². The molecule has 0 spiro atoms. The molecule has 3 heterocycles. The van der Waals surface area contributed by atoms with Crippen molar-refractivity contribution in [2.75, 3.05) is 5.75 Å². The molecule has 0 amide bonds. The van der Waals surface area contributed by atoms with Gasteiger partial charge in [-0.25, -0.2) is 15.0 Å². The first kappa shape index (κ1) is 13.5. The van der Waals surface area contributed by atoms with Crippen LogP contribution in [0, 0.1) is 6.92 Å². The van der Waals surface area contributed by atoms with Gasteiger partial charge in [0.1, 0.15) is 16.2 Å².